The van der Waals surface area contributed by atoms with E-state index in [1.54, 1.807) is 0 Å². The van der Waals surface area contributed by atoms with Gasteiger partial charge in [0.05, 0.1) is 28.2 Å². The highest BCUT2D eigenvalue weighted by atomic mass is 35.5. The van der Waals surface area contributed by atoms with Gasteiger partial charge in [-0.25, -0.2) is 13.6 Å². The van der Waals surface area contributed by atoms with Gasteiger partial charge in [0, 0.05) is 0 Å². The van der Waals surface area contributed by atoms with Crippen LogP contribution < -0.4 is 9.88 Å². The van der Waals surface area contributed by atoms with Gasteiger partial charge >= 0.3 is 0 Å². The fourth-order valence-corrected chi connectivity index (χ4v) is 2.68. The molecule has 0 radical (unpaired) electrons. The van der Waals surface area contributed by atoms with Gasteiger partial charge in [-0.15, -0.1) is 0 Å². The highest BCUT2D eigenvalue weighted by Gasteiger charge is 2.15. The van der Waals surface area contributed by atoms with Crippen LogP contribution in [0.2, 0.25) is 10.0 Å². The second kappa shape index (κ2) is 7.28. The van der Waals surface area contributed by atoms with Crippen molar-refractivity contribution >= 4 is 33.2 Å². The summed E-state index contributed by atoms with van der Waals surface area (Å²) < 4.78 is 39.6. The quantitative estimate of drug-likeness (QED) is 0.781. The smallest absolute Gasteiger partial charge is 0.238 e. The third kappa shape index (κ3) is 5.14. The molecule has 1 aromatic carbocycles. The van der Waals surface area contributed by atoms with Crippen LogP contribution in [0, 0.1) is 0 Å². The van der Waals surface area contributed by atoms with Crippen molar-refractivity contribution in [2.45, 2.75) is 24.2 Å². The lowest BCUT2D eigenvalue weighted by Crippen LogP contribution is -2.12. The number of rotatable bonds is 7. The lowest BCUT2D eigenvalue weighted by molar-refractivity contribution is 0.301. The molecule has 0 aliphatic rings. The molecule has 0 aromatic heterocycles. The normalized spacial score (nSPS) is 11.6. The highest BCUT2D eigenvalue weighted by Crippen LogP contribution is 2.35. The summed E-state index contributed by atoms with van der Waals surface area (Å²) in [7, 11) is -3.86. The molecule has 0 spiro atoms. The van der Waals surface area contributed by atoms with Crippen molar-refractivity contribution in [3.8, 4) is 5.75 Å². The number of benzene rings is 1. The first kappa shape index (κ1) is 16.5. The van der Waals surface area contributed by atoms with Crippen molar-refractivity contribution in [2.75, 3.05) is 13.3 Å². The largest absolute Gasteiger partial charge is 0.490 e. The Morgan fingerprint density at radius 2 is 1.74 bits per heavy atom. The summed E-state index contributed by atoms with van der Waals surface area (Å²) >= 11 is 11.8. The van der Waals surface area contributed by atoms with Gasteiger partial charge in [-0.3, -0.25) is 4.39 Å². The minimum Gasteiger partial charge on any atom is -0.490 e. The van der Waals surface area contributed by atoms with Gasteiger partial charge in [-0.1, -0.05) is 23.2 Å². The van der Waals surface area contributed by atoms with Crippen LogP contribution in [0.5, 0.6) is 5.75 Å². The van der Waals surface area contributed by atoms with Crippen LogP contribution in [0.4, 0.5) is 4.39 Å². The zero-order valence-corrected chi connectivity index (χ0v) is 12.4. The van der Waals surface area contributed by atoms with Crippen LogP contribution in [-0.2, 0) is 10.0 Å². The molecule has 19 heavy (non-hydrogen) atoms. The predicted octanol–water partition coefficient (Wildman–Crippen LogP) is 3.16. The Labute approximate surface area is 121 Å². The van der Waals surface area contributed by atoms with Crippen LogP contribution in [0.25, 0.3) is 0 Å². The fourth-order valence-electron chi connectivity index (χ4n) is 1.39. The molecule has 0 heterocycles. The molecule has 0 saturated heterocycles. The standard InChI is InChI=1S/C11H14Cl2FNO3S/c12-9-6-8(19(15,16)17)7-10(13)11(9)18-5-3-1-2-4-14/h6-7H,1-5H2,(H2,15,16,17). The number of sulfonamides is 1. The molecule has 1 aromatic rings. The summed E-state index contributed by atoms with van der Waals surface area (Å²) in [4.78, 5) is -0.174. The maximum atomic E-state index is 11.9. The highest BCUT2D eigenvalue weighted by molar-refractivity contribution is 7.89. The molecule has 8 heteroatoms. The second-order valence-electron chi connectivity index (χ2n) is 3.86. The molecule has 2 N–H and O–H groups in total. The number of unbranched alkanes of at least 4 members (excludes halogenated alkanes) is 2. The molecule has 1 rings (SSSR count). The van der Waals surface area contributed by atoms with Crippen LogP contribution in [-0.4, -0.2) is 21.7 Å². The molecule has 0 aliphatic carbocycles. The monoisotopic (exact) mass is 329 g/mol. The molecule has 0 aliphatic heterocycles. The van der Waals surface area contributed by atoms with E-state index >= 15 is 0 Å². The van der Waals surface area contributed by atoms with Gasteiger partial charge in [-0.05, 0) is 31.4 Å². The van der Waals surface area contributed by atoms with Gasteiger partial charge < -0.3 is 4.74 Å². The number of hydrogen-bond acceptors (Lipinski definition) is 3. The van der Waals surface area contributed by atoms with Crippen molar-refractivity contribution in [3.63, 3.8) is 0 Å². The summed E-state index contributed by atoms with van der Waals surface area (Å²) in [5.74, 6) is 0.205. The van der Waals surface area contributed by atoms with Crippen LogP contribution in [0.15, 0.2) is 17.0 Å². The molecule has 0 saturated carbocycles. The van der Waals surface area contributed by atoms with Gasteiger partial charge in [0.2, 0.25) is 10.0 Å². The van der Waals surface area contributed by atoms with Gasteiger partial charge in [0.1, 0.15) is 0 Å². The minimum atomic E-state index is -3.86. The van der Waals surface area contributed by atoms with Crippen molar-refractivity contribution in [1.82, 2.24) is 0 Å². The predicted molar refractivity (Wildman–Crippen MR) is 73.2 cm³/mol. The first-order chi connectivity index (χ1) is 8.86. The van der Waals surface area contributed by atoms with Crippen molar-refractivity contribution in [3.05, 3.63) is 22.2 Å². The third-order valence-corrected chi connectivity index (χ3v) is 3.78. The zero-order valence-electron chi connectivity index (χ0n) is 10.0. The van der Waals surface area contributed by atoms with Gasteiger partial charge in [0.15, 0.2) is 5.75 Å². The molecule has 0 fully saturated rings. The van der Waals surface area contributed by atoms with Crippen LogP contribution in [0.1, 0.15) is 19.3 Å². The van der Waals surface area contributed by atoms with E-state index in [0.29, 0.717) is 25.9 Å². The number of nitrogens with two attached hydrogens (primary N) is 1. The summed E-state index contributed by atoms with van der Waals surface area (Å²) in [5, 5.41) is 5.12. The summed E-state index contributed by atoms with van der Waals surface area (Å²) in [5.41, 5.74) is 0. The maximum absolute atomic E-state index is 11.9. The Kier molecular flexibility index (Phi) is 6.32. The van der Waals surface area contributed by atoms with Crippen LogP contribution in [0.3, 0.4) is 0 Å². The van der Waals surface area contributed by atoms with E-state index in [0.717, 1.165) is 0 Å². The molecular weight excluding hydrogens is 316 g/mol. The number of hydrogen-bond donors (Lipinski definition) is 1. The van der Waals surface area contributed by atoms with E-state index in [1.165, 1.54) is 12.1 Å². The third-order valence-electron chi connectivity index (χ3n) is 2.32. The zero-order chi connectivity index (χ0) is 14.5. The Hall–Kier alpha value is -0.560. The SMILES string of the molecule is NS(=O)(=O)c1cc(Cl)c(OCCCCCF)c(Cl)c1. The molecule has 108 valence electrons. The number of ether oxygens (including phenoxy) is 1. The molecule has 0 unspecified atom stereocenters. The molecule has 0 bridgehead atoms. The Morgan fingerprint density at radius 3 is 2.21 bits per heavy atom. The van der Waals surface area contributed by atoms with E-state index in [1.807, 2.05) is 0 Å². The second-order valence-corrected chi connectivity index (χ2v) is 6.23. The van der Waals surface area contributed by atoms with Gasteiger partial charge in [-0.2, -0.15) is 0 Å². The van der Waals surface area contributed by atoms with Gasteiger partial charge in [0.25, 0.3) is 0 Å². The van der Waals surface area contributed by atoms with Crippen molar-refractivity contribution in [1.29, 1.82) is 0 Å². The number of halogens is 3. The number of primary sulfonamides is 1. The topological polar surface area (TPSA) is 69.4 Å². The summed E-state index contributed by atoms with van der Waals surface area (Å²) in [6, 6.07) is 2.36. The van der Waals surface area contributed by atoms with E-state index in [9.17, 15) is 12.8 Å². The van der Waals surface area contributed by atoms with E-state index in [4.69, 9.17) is 33.1 Å². The number of alkyl halides is 1. The lowest BCUT2D eigenvalue weighted by atomic mass is 10.2. The van der Waals surface area contributed by atoms with E-state index in [-0.39, 0.29) is 27.4 Å². The van der Waals surface area contributed by atoms with E-state index in [2.05, 4.69) is 0 Å². The molecule has 0 atom stereocenters. The molecule has 0 amide bonds. The van der Waals surface area contributed by atoms with E-state index < -0.39 is 10.0 Å². The Balaban J connectivity index is 2.75. The Bertz CT molecular complexity index is 514. The first-order valence-electron chi connectivity index (χ1n) is 5.57. The Morgan fingerprint density at radius 1 is 1.16 bits per heavy atom. The lowest BCUT2D eigenvalue weighted by Gasteiger charge is -2.11. The van der Waals surface area contributed by atoms with Crippen LogP contribution >= 0.6 is 23.2 Å². The first-order valence-corrected chi connectivity index (χ1v) is 7.87. The van der Waals surface area contributed by atoms with Crippen molar-refractivity contribution in [2.24, 2.45) is 5.14 Å². The fraction of sp³-hybridized carbons (Fsp3) is 0.455. The average Bonchev–Trinajstić information content (AvgIpc) is 2.30. The van der Waals surface area contributed by atoms with Crippen molar-refractivity contribution < 1.29 is 17.5 Å². The average molecular weight is 330 g/mol. The summed E-state index contributed by atoms with van der Waals surface area (Å²) in [6.07, 6.45) is 1.84. The minimum absolute atomic E-state index is 0.0713. The maximum Gasteiger partial charge on any atom is 0.238 e. The molecule has 4 nitrogen and oxygen atoms in total. The molecular formula is C11H14Cl2FNO3S. The summed E-state index contributed by atoms with van der Waals surface area (Å²) in [6.45, 7) is -0.0290.